The highest BCUT2D eigenvalue weighted by atomic mass is 16.5. The second kappa shape index (κ2) is 17.3. The van der Waals surface area contributed by atoms with Crippen LogP contribution >= 0.6 is 0 Å². The first-order valence-corrected chi connectivity index (χ1v) is 12.1. The van der Waals surface area contributed by atoms with E-state index in [1.54, 1.807) is 0 Å². The van der Waals surface area contributed by atoms with Crippen LogP contribution in [0, 0.1) is 0 Å². The smallest absolute Gasteiger partial charge is 0.305 e. The van der Waals surface area contributed by atoms with Crippen molar-refractivity contribution in [3.8, 4) is 0 Å². The van der Waals surface area contributed by atoms with E-state index in [1.165, 1.54) is 70.6 Å². The molecule has 1 saturated carbocycles. The summed E-state index contributed by atoms with van der Waals surface area (Å²) in [6.07, 6.45) is 19.2. The molecule has 3 atom stereocenters. The second-order valence-electron chi connectivity index (χ2n) is 8.73. The Hall–Kier alpha value is -0.610. The van der Waals surface area contributed by atoms with Gasteiger partial charge in [-0.1, -0.05) is 58.3 Å². The topological polar surface area (TPSA) is 47.6 Å². The summed E-state index contributed by atoms with van der Waals surface area (Å²) in [5.74, 6) is -0.00479. The van der Waals surface area contributed by atoms with Gasteiger partial charge in [0.2, 0.25) is 0 Å². The third kappa shape index (κ3) is 13.5. The van der Waals surface area contributed by atoms with Crippen molar-refractivity contribution in [2.45, 2.75) is 135 Å². The lowest BCUT2D eigenvalue weighted by Crippen LogP contribution is -2.41. The van der Waals surface area contributed by atoms with Crippen molar-refractivity contribution in [2.75, 3.05) is 13.7 Å². The van der Waals surface area contributed by atoms with E-state index in [9.17, 15) is 4.79 Å². The van der Waals surface area contributed by atoms with Gasteiger partial charge in [0.15, 0.2) is 0 Å². The fraction of sp³-hybridized carbons (Fsp3) is 0.958. The summed E-state index contributed by atoms with van der Waals surface area (Å²) in [5.41, 5.74) is 0. The predicted molar refractivity (Wildman–Crippen MR) is 118 cm³/mol. The molecule has 0 amide bonds. The van der Waals surface area contributed by atoms with E-state index in [0.29, 0.717) is 31.2 Å². The van der Waals surface area contributed by atoms with Crippen molar-refractivity contribution in [3.05, 3.63) is 0 Å². The maximum Gasteiger partial charge on any atom is 0.305 e. The van der Waals surface area contributed by atoms with Crippen LogP contribution in [0.15, 0.2) is 0 Å². The highest BCUT2D eigenvalue weighted by Gasteiger charge is 2.22. The summed E-state index contributed by atoms with van der Waals surface area (Å²) in [5, 5.41) is 3.80. The number of carbonyl (C=O) groups excluding carboxylic acids is 1. The Balaban J connectivity index is 1.87. The number of rotatable bonds is 17. The quantitative estimate of drug-likeness (QED) is 0.236. The van der Waals surface area contributed by atoms with Crippen molar-refractivity contribution in [3.63, 3.8) is 0 Å². The molecule has 1 aliphatic carbocycles. The Morgan fingerprint density at radius 3 is 2.50 bits per heavy atom. The Bertz CT molecular complexity index is 375. The molecule has 0 aromatic heterocycles. The number of carbonyl (C=O) groups is 1. The van der Waals surface area contributed by atoms with Gasteiger partial charge in [-0.05, 0) is 51.9 Å². The first kappa shape index (κ1) is 25.4. The molecule has 0 heterocycles. The highest BCUT2D eigenvalue weighted by molar-refractivity contribution is 5.69. The Kier molecular flexibility index (Phi) is 15.7. The monoisotopic (exact) mass is 397 g/mol. The van der Waals surface area contributed by atoms with Crippen LogP contribution in [0.3, 0.4) is 0 Å². The molecule has 0 saturated heterocycles. The maximum atomic E-state index is 11.7. The molecule has 3 unspecified atom stereocenters. The van der Waals surface area contributed by atoms with Gasteiger partial charge in [-0.3, -0.25) is 4.79 Å². The fourth-order valence-electron chi connectivity index (χ4n) is 4.21. The summed E-state index contributed by atoms with van der Waals surface area (Å²) < 4.78 is 10.9. The molecule has 166 valence electrons. The van der Waals surface area contributed by atoms with Crippen LogP contribution in [0.1, 0.15) is 117 Å². The van der Waals surface area contributed by atoms with Gasteiger partial charge in [0, 0.05) is 25.6 Å². The van der Waals surface area contributed by atoms with Crippen molar-refractivity contribution in [1.82, 2.24) is 5.32 Å². The normalized spacial score (nSPS) is 20.8. The lowest BCUT2D eigenvalue weighted by atomic mass is 9.92. The first-order valence-electron chi connectivity index (χ1n) is 12.1. The molecular formula is C24H47NO3. The molecule has 0 aromatic carbocycles. The summed E-state index contributed by atoms with van der Waals surface area (Å²) in [6, 6.07) is 1.23. The maximum absolute atomic E-state index is 11.7. The van der Waals surface area contributed by atoms with Gasteiger partial charge in [0.25, 0.3) is 0 Å². The van der Waals surface area contributed by atoms with Crippen LogP contribution in [0.5, 0.6) is 0 Å². The minimum atomic E-state index is -0.00479. The molecule has 0 spiro atoms. The van der Waals surface area contributed by atoms with E-state index in [0.717, 1.165) is 25.7 Å². The van der Waals surface area contributed by atoms with Crippen molar-refractivity contribution in [1.29, 1.82) is 0 Å². The van der Waals surface area contributed by atoms with E-state index in [4.69, 9.17) is 9.47 Å². The van der Waals surface area contributed by atoms with Gasteiger partial charge in [-0.15, -0.1) is 0 Å². The average molecular weight is 398 g/mol. The molecule has 1 aliphatic rings. The third-order valence-electron chi connectivity index (χ3n) is 6.01. The standard InChI is InChI=1S/C24H47NO3/c1-4-5-6-8-12-18-24(26)28-19-13-10-7-9-11-15-21(2)25-22-16-14-17-23(20-22)27-3/h21-23,25H,4-20H2,1-3H3. The summed E-state index contributed by atoms with van der Waals surface area (Å²) >= 11 is 0. The Morgan fingerprint density at radius 1 is 1.00 bits per heavy atom. The van der Waals surface area contributed by atoms with Gasteiger partial charge in [-0.2, -0.15) is 0 Å². The zero-order valence-corrected chi connectivity index (χ0v) is 19.0. The minimum Gasteiger partial charge on any atom is -0.466 e. The third-order valence-corrected chi connectivity index (χ3v) is 6.01. The molecular weight excluding hydrogens is 350 g/mol. The van der Waals surface area contributed by atoms with E-state index < -0.39 is 0 Å². The minimum absolute atomic E-state index is 0.00479. The Labute approximate surface area is 174 Å². The SMILES string of the molecule is CCCCCCCC(=O)OCCCCCCCC(C)NC1CCCC(OC)C1. The number of hydrogen-bond donors (Lipinski definition) is 1. The average Bonchev–Trinajstić information content (AvgIpc) is 2.70. The first-order chi connectivity index (χ1) is 13.7. The van der Waals surface area contributed by atoms with Crippen LogP contribution in [0.2, 0.25) is 0 Å². The van der Waals surface area contributed by atoms with E-state index in [-0.39, 0.29) is 5.97 Å². The number of ether oxygens (including phenoxy) is 2. The molecule has 0 aliphatic heterocycles. The van der Waals surface area contributed by atoms with E-state index in [2.05, 4.69) is 19.2 Å². The van der Waals surface area contributed by atoms with E-state index >= 15 is 0 Å². The molecule has 0 bridgehead atoms. The van der Waals surface area contributed by atoms with Crippen LogP contribution in [-0.4, -0.2) is 37.9 Å². The molecule has 4 heteroatoms. The van der Waals surface area contributed by atoms with Crippen LogP contribution < -0.4 is 5.32 Å². The molecule has 1 N–H and O–H groups in total. The molecule has 1 rings (SSSR count). The zero-order valence-electron chi connectivity index (χ0n) is 19.0. The van der Waals surface area contributed by atoms with Crippen LogP contribution in [-0.2, 0) is 14.3 Å². The molecule has 0 radical (unpaired) electrons. The van der Waals surface area contributed by atoms with Gasteiger partial charge in [0.1, 0.15) is 0 Å². The number of esters is 1. The second-order valence-corrected chi connectivity index (χ2v) is 8.73. The highest BCUT2D eigenvalue weighted by Crippen LogP contribution is 2.21. The fourth-order valence-corrected chi connectivity index (χ4v) is 4.21. The summed E-state index contributed by atoms with van der Waals surface area (Å²) in [7, 11) is 1.84. The van der Waals surface area contributed by atoms with Gasteiger partial charge in [-0.25, -0.2) is 0 Å². The Morgan fingerprint density at radius 2 is 1.71 bits per heavy atom. The van der Waals surface area contributed by atoms with Crippen molar-refractivity contribution >= 4 is 5.97 Å². The number of nitrogens with one attached hydrogen (secondary N) is 1. The molecule has 0 aromatic rings. The molecule has 1 fully saturated rings. The molecule has 4 nitrogen and oxygen atoms in total. The van der Waals surface area contributed by atoms with Crippen LogP contribution in [0.25, 0.3) is 0 Å². The predicted octanol–water partition coefficient (Wildman–Crippen LogP) is 6.17. The van der Waals surface area contributed by atoms with Gasteiger partial charge < -0.3 is 14.8 Å². The van der Waals surface area contributed by atoms with Crippen molar-refractivity contribution in [2.24, 2.45) is 0 Å². The lowest BCUT2D eigenvalue weighted by Gasteiger charge is -2.31. The van der Waals surface area contributed by atoms with Crippen LogP contribution in [0.4, 0.5) is 0 Å². The number of unbranched alkanes of at least 4 members (excludes halogenated alkanes) is 8. The van der Waals surface area contributed by atoms with Crippen molar-refractivity contribution < 1.29 is 14.3 Å². The lowest BCUT2D eigenvalue weighted by molar-refractivity contribution is -0.143. The van der Waals surface area contributed by atoms with Gasteiger partial charge >= 0.3 is 5.97 Å². The zero-order chi connectivity index (χ0) is 20.5. The number of hydrogen-bond acceptors (Lipinski definition) is 4. The summed E-state index contributed by atoms with van der Waals surface area (Å²) in [4.78, 5) is 11.7. The van der Waals surface area contributed by atoms with Gasteiger partial charge in [0.05, 0.1) is 12.7 Å². The van der Waals surface area contributed by atoms with E-state index in [1.807, 2.05) is 7.11 Å². The largest absolute Gasteiger partial charge is 0.466 e. The number of methoxy groups -OCH3 is 1. The summed E-state index contributed by atoms with van der Waals surface area (Å²) in [6.45, 7) is 5.13. The molecule has 28 heavy (non-hydrogen) atoms.